The van der Waals surface area contributed by atoms with E-state index < -0.39 is 59.2 Å². The van der Waals surface area contributed by atoms with E-state index in [0.717, 1.165) is 48.6 Å². The highest BCUT2D eigenvalue weighted by molar-refractivity contribution is 5.92. The van der Waals surface area contributed by atoms with E-state index in [1.807, 2.05) is 50.2 Å². The van der Waals surface area contributed by atoms with Gasteiger partial charge in [-0.15, -0.1) is 0 Å². The fourth-order valence-corrected chi connectivity index (χ4v) is 7.11. The third-order valence-corrected chi connectivity index (χ3v) is 12.2. The summed E-state index contributed by atoms with van der Waals surface area (Å²) in [6, 6.07) is 31.4. The number of phenolic OH excluding ortho intramolecular Hbond substituents is 5. The zero-order valence-electron chi connectivity index (χ0n) is 45.1. The molecule has 5 atom stereocenters. The Balaban J connectivity index is 0.000000251. The van der Waals surface area contributed by atoms with Crippen molar-refractivity contribution in [2.45, 2.75) is 119 Å². The first kappa shape index (κ1) is 60.6. The summed E-state index contributed by atoms with van der Waals surface area (Å²) in [4.78, 5) is 36.8. The van der Waals surface area contributed by atoms with Gasteiger partial charge >= 0.3 is 17.9 Å². The average molecular weight is 1050 g/mol. The van der Waals surface area contributed by atoms with Crippen molar-refractivity contribution >= 4 is 17.9 Å². The van der Waals surface area contributed by atoms with E-state index in [0.29, 0.717) is 64.9 Å². The van der Waals surface area contributed by atoms with Gasteiger partial charge in [0.15, 0.2) is 47.1 Å². The number of ether oxygens (including phenoxy) is 8. The number of aromatic hydroxyl groups is 5. The van der Waals surface area contributed by atoms with Gasteiger partial charge in [0.1, 0.15) is 17.2 Å². The van der Waals surface area contributed by atoms with Crippen LogP contribution in [0.2, 0.25) is 0 Å². The maximum Gasteiger partial charge on any atom is 0.343 e. The van der Waals surface area contributed by atoms with E-state index in [-0.39, 0.29) is 17.2 Å². The molecule has 5 unspecified atom stereocenters. The Morgan fingerprint density at radius 2 is 0.737 bits per heavy atom. The lowest BCUT2D eigenvalue weighted by molar-refractivity contribution is -0.0766. The molecule has 0 aliphatic carbocycles. The first-order chi connectivity index (χ1) is 36.2. The van der Waals surface area contributed by atoms with Gasteiger partial charge in [-0.3, -0.25) is 0 Å². The van der Waals surface area contributed by atoms with Gasteiger partial charge in [-0.25, -0.2) is 14.4 Å². The van der Waals surface area contributed by atoms with Crippen molar-refractivity contribution in [1.82, 2.24) is 0 Å². The van der Waals surface area contributed by atoms with E-state index in [4.69, 9.17) is 37.9 Å². The van der Waals surface area contributed by atoms with Gasteiger partial charge in [0, 0.05) is 43.5 Å². The highest BCUT2D eigenvalue weighted by Gasteiger charge is 2.19. The molecule has 408 valence electrons. The number of hydrogen-bond donors (Lipinski definition) is 5. The molecule has 0 aliphatic rings. The SMILES string of the molecule is CCC(C)c1ccc(C(=O)Oc2cc(O)c(O)c(O)c2)cc1.CCC(C)c1ccc(C(=O)Oc2cc(O)c(O)c(OC)c2)cc1.CCOC(C)Oc1ccc(OC(=O)c2ccc(C(C)CC)cc2)cc1OC(C)OCC. The molecule has 0 fully saturated rings. The van der Waals surface area contributed by atoms with Crippen LogP contribution in [0.5, 0.6) is 63.2 Å². The second-order valence-corrected chi connectivity index (χ2v) is 17.7. The molecule has 16 nitrogen and oxygen atoms in total. The molecule has 0 bridgehead atoms. The zero-order valence-corrected chi connectivity index (χ0v) is 45.1. The molecule has 76 heavy (non-hydrogen) atoms. The van der Waals surface area contributed by atoms with Crippen molar-refractivity contribution in [1.29, 1.82) is 0 Å². The predicted octanol–water partition coefficient (Wildman–Crippen LogP) is 13.3. The van der Waals surface area contributed by atoms with Crippen molar-refractivity contribution in [3.8, 4) is 63.2 Å². The molecule has 5 N–H and O–H groups in total. The molecule has 6 aromatic carbocycles. The molecule has 0 aliphatic heterocycles. The van der Waals surface area contributed by atoms with Crippen molar-refractivity contribution in [3.63, 3.8) is 0 Å². The summed E-state index contributed by atoms with van der Waals surface area (Å²) < 4.78 is 43.3. The standard InChI is InChI=1S/C25H34O6.C18H20O5.C17H18O5/c1-7-17(4)20-10-12-21(13-11-20)25(26)31-22-14-15-23(29-18(5)27-8-2)24(16-22)30-19(6)28-9-3;1-4-11(2)12-5-7-13(8-6-12)18(21)23-14-9-15(19)17(20)16(10-14)22-3;1-3-10(2)11-4-6-12(7-5-11)17(21)22-13-8-14(18)16(20)15(19)9-13/h10-19H,7-9H2,1-6H3;5-11,19-20H,4H2,1-3H3;4-10,18-20H,3H2,1-2H3. The van der Waals surface area contributed by atoms with Crippen LogP contribution in [0.25, 0.3) is 0 Å². The normalized spacial score (nSPS) is 12.7. The van der Waals surface area contributed by atoms with Gasteiger partial charge in [0.05, 0.1) is 23.8 Å². The molecular formula is C60H72O16. The van der Waals surface area contributed by atoms with Crippen molar-refractivity contribution in [2.75, 3.05) is 20.3 Å². The second-order valence-electron chi connectivity index (χ2n) is 17.7. The fourth-order valence-electron chi connectivity index (χ4n) is 7.11. The minimum atomic E-state index is -0.655. The molecule has 0 aromatic heterocycles. The Hall–Kier alpha value is -7.95. The lowest BCUT2D eigenvalue weighted by Gasteiger charge is -2.20. The molecule has 16 heteroatoms. The number of benzene rings is 6. The molecule has 6 rings (SSSR count). The monoisotopic (exact) mass is 1050 g/mol. The Bertz CT molecular complexity index is 2770. The van der Waals surface area contributed by atoms with Gasteiger partial charge in [0.2, 0.25) is 11.5 Å². The fraction of sp³-hybridized carbons (Fsp3) is 0.350. The van der Waals surface area contributed by atoms with Crippen LogP contribution >= 0.6 is 0 Å². The van der Waals surface area contributed by atoms with Crippen molar-refractivity contribution in [2.24, 2.45) is 0 Å². The second kappa shape index (κ2) is 29.8. The summed E-state index contributed by atoms with van der Waals surface area (Å²) in [5, 5.41) is 47.2. The van der Waals surface area contributed by atoms with Crippen LogP contribution in [-0.4, -0.2) is 76.3 Å². The van der Waals surface area contributed by atoms with E-state index >= 15 is 0 Å². The number of phenols is 5. The van der Waals surface area contributed by atoms with Crippen LogP contribution in [0.15, 0.2) is 115 Å². The molecule has 0 heterocycles. The average Bonchev–Trinajstić information content (AvgIpc) is 3.41. The topological polar surface area (TPSA) is 226 Å². The third-order valence-electron chi connectivity index (χ3n) is 12.2. The highest BCUT2D eigenvalue weighted by Crippen LogP contribution is 2.40. The highest BCUT2D eigenvalue weighted by atomic mass is 16.7. The molecular weight excluding hydrogens is 977 g/mol. The van der Waals surface area contributed by atoms with Gasteiger partial charge in [-0.1, -0.05) is 77.9 Å². The largest absolute Gasteiger partial charge is 0.504 e. The quantitative estimate of drug-likeness (QED) is 0.0195. The Labute approximate surface area is 445 Å². The van der Waals surface area contributed by atoms with Crippen LogP contribution in [0.1, 0.15) is 154 Å². The Morgan fingerprint density at radius 3 is 1.09 bits per heavy atom. The minimum Gasteiger partial charge on any atom is -0.504 e. The maximum absolute atomic E-state index is 12.6. The smallest absolute Gasteiger partial charge is 0.343 e. The van der Waals surface area contributed by atoms with Gasteiger partial charge in [-0.05, 0) is 130 Å². The molecule has 0 saturated heterocycles. The Morgan fingerprint density at radius 1 is 0.408 bits per heavy atom. The number of carbonyl (C=O) groups is 3. The molecule has 0 radical (unpaired) electrons. The van der Waals surface area contributed by atoms with Crippen LogP contribution in [-0.2, 0) is 9.47 Å². The molecule has 6 aromatic rings. The van der Waals surface area contributed by atoms with Crippen LogP contribution in [0.3, 0.4) is 0 Å². The van der Waals surface area contributed by atoms with Crippen LogP contribution in [0, 0.1) is 0 Å². The van der Waals surface area contributed by atoms with E-state index in [1.54, 1.807) is 68.4 Å². The number of hydrogen-bond acceptors (Lipinski definition) is 16. The Kier molecular flexibility index (Phi) is 23.8. The van der Waals surface area contributed by atoms with Crippen LogP contribution < -0.4 is 28.4 Å². The third kappa shape index (κ3) is 17.9. The summed E-state index contributed by atoms with van der Waals surface area (Å²) in [5.41, 5.74) is 4.75. The number of methoxy groups -OCH3 is 1. The summed E-state index contributed by atoms with van der Waals surface area (Å²) in [7, 11) is 1.34. The van der Waals surface area contributed by atoms with E-state index in [9.17, 15) is 39.9 Å². The minimum absolute atomic E-state index is 0.0277. The first-order valence-electron chi connectivity index (χ1n) is 25.3. The van der Waals surface area contributed by atoms with Gasteiger partial charge in [0.25, 0.3) is 0 Å². The summed E-state index contributed by atoms with van der Waals surface area (Å²) >= 11 is 0. The van der Waals surface area contributed by atoms with Gasteiger partial charge in [-0.2, -0.15) is 0 Å². The number of esters is 3. The lowest BCUT2D eigenvalue weighted by atomic mass is 9.98. The molecule has 0 amide bonds. The summed E-state index contributed by atoms with van der Waals surface area (Å²) in [5.74, 6) is -1.59. The van der Waals surface area contributed by atoms with E-state index in [1.165, 1.54) is 18.7 Å². The predicted molar refractivity (Wildman–Crippen MR) is 288 cm³/mol. The van der Waals surface area contributed by atoms with Crippen LogP contribution in [0.4, 0.5) is 0 Å². The van der Waals surface area contributed by atoms with E-state index in [2.05, 4.69) is 41.5 Å². The van der Waals surface area contributed by atoms with Crippen molar-refractivity contribution in [3.05, 3.63) is 149 Å². The molecule has 0 saturated carbocycles. The maximum atomic E-state index is 12.6. The zero-order chi connectivity index (χ0) is 56.1. The number of carbonyl (C=O) groups excluding carboxylic acids is 3. The molecule has 0 spiro atoms. The number of rotatable bonds is 21. The van der Waals surface area contributed by atoms with Crippen molar-refractivity contribution < 1.29 is 77.8 Å². The summed E-state index contributed by atoms with van der Waals surface area (Å²) in [6.07, 6.45) is 2.14. The first-order valence-corrected chi connectivity index (χ1v) is 25.3. The lowest BCUT2D eigenvalue weighted by Crippen LogP contribution is -2.19. The van der Waals surface area contributed by atoms with Gasteiger partial charge < -0.3 is 63.4 Å². The summed E-state index contributed by atoms with van der Waals surface area (Å²) in [6.45, 7) is 21.1.